The Labute approximate surface area is 93.8 Å². The average Bonchev–Trinajstić information content (AvgIpc) is 2.17. The summed E-state index contributed by atoms with van der Waals surface area (Å²) in [4.78, 5) is 14.4. The minimum absolute atomic E-state index is 0.0314. The Bertz CT molecular complexity index is 445. The van der Waals surface area contributed by atoms with E-state index in [4.69, 9.17) is 5.11 Å². The van der Waals surface area contributed by atoms with Crippen molar-refractivity contribution < 1.29 is 32.5 Å². The van der Waals surface area contributed by atoms with E-state index < -0.39 is 29.4 Å². The first-order valence-corrected chi connectivity index (χ1v) is 4.29. The van der Waals surface area contributed by atoms with Gasteiger partial charge in [-0.3, -0.25) is 4.98 Å². The SMILES string of the molecule is COc1c(OC(F)(F)F)cnc(C)c1C(=O)O. The van der Waals surface area contributed by atoms with Crippen LogP contribution in [0.25, 0.3) is 0 Å². The molecule has 1 N–H and O–H groups in total. The van der Waals surface area contributed by atoms with Gasteiger partial charge in [-0.2, -0.15) is 0 Å². The molecule has 1 aromatic rings. The zero-order chi connectivity index (χ0) is 13.2. The number of nitrogens with zero attached hydrogens (tertiary/aromatic N) is 1. The molecular formula is C9H8F3NO4. The molecule has 0 radical (unpaired) electrons. The molecule has 0 atom stereocenters. The molecule has 0 amide bonds. The normalized spacial score (nSPS) is 11.1. The van der Waals surface area contributed by atoms with E-state index >= 15 is 0 Å². The van der Waals surface area contributed by atoms with Crippen molar-refractivity contribution in [2.45, 2.75) is 13.3 Å². The number of rotatable bonds is 3. The van der Waals surface area contributed by atoms with Crippen LogP contribution in [0, 0.1) is 6.92 Å². The molecule has 0 aromatic carbocycles. The molecular weight excluding hydrogens is 243 g/mol. The predicted molar refractivity (Wildman–Crippen MR) is 49.2 cm³/mol. The van der Waals surface area contributed by atoms with E-state index in [1.54, 1.807) is 0 Å². The van der Waals surface area contributed by atoms with E-state index in [9.17, 15) is 18.0 Å². The van der Waals surface area contributed by atoms with Crippen molar-refractivity contribution in [3.8, 4) is 11.5 Å². The fourth-order valence-electron chi connectivity index (χ4n) is 1.22. The van der Waals surface area contributed by atoms with Crippen LogP contribution >= 0.6 is 0 Å². The number of carboxylic acid groups (broad SMARTS) is 1. The fourth-order valence-corrected chi connectivity index (χ4v) is 1.22. The quantitative estimate of drug-likeness (QED) is 0.889. The Morgan fingerprint density at radius 3 is 2.47 bits per heavy atom. The minimum Gasteiger partial charge on any atom is -0.492 e. The first-order valence-electron chi connectivity index (χ1n) is 4.29. The number of carboxylic acids is 1. The summed E-state index contributed by atoms with van der Waals surface area (Å²) in [5.74, 6) is -2.75. The maximum atomic E-state index is 12.0. The summed E-state index contributed by atoms with van der Waals surface area (Å²) in [6, 6.07) is 0. The number of pyridine rings is 1. The Kier molecular flexibility index (Phi) is 3.45. The van der Waals surface area contributed by atoms with E-state index in [0.29, 0.717) is 0 Å². The standard InChI is InChI=1S/C9H8F3NO4/c1-4-6(8(14)15)7(16-2)5(3-13-4)17-9(10,11)12/h3H,1-2H3,(H,14,15). The lowest BCUT2D eigenvalue weighted by atomic mass is 10.2. The molecule has 0 aliphatic carbocycles. The van der Waals surface area contributed by atoms with Crippen LogP contribution in [-0.2, 0) is 0 Å². The van der Waals surface area contributed by atoms with Gasteiger partial charge in [0.15, 0.2) is 11.5 Å². The summed E-state index contributed by atoms with van der Waals surface area (Å²) in [7, 11) is 1.05. The molecule has 8 heteroatoms. The van der Waals surface area contributed by atoms with Crippen LogP contribution in [0.15, 0.2) is 6.20 Å². The molecule has 0 fully saturated rings. The van der Waals surface area contributed by atoms with Crippen molar-refractivity contribution >= 4 is 5.97 Å². The zero-order valence-electron chi connectivity index (χ0n) is 8.83. The third-order valence-electron chi connectivity index (χ3n) is 1.83. The van der Waals surface area contributed by atoms with Crippen molar-refractivity contribution in [2.24, 2.45) is 0 Å². The van der Waals surface area contributed by atoms with Crippen LogP contribution in [-0.4, -0.2) is 29.5 Å². The van der Waals surface area contributed by atoms with Gasteiger partial charge in [-0.1, -0.05) is 0 Å². The summed E-state index contributed by atoms with van der Waals surface area (Å²) in [6.45, 7) is 1.34. The van der Waals surface area contributed by atoms with Gasteiger partial charge in [-0.15, -0.1) is 13.2 Å². The van der Waals surface area contributed by atoms with Crippen LogP contribution in [0.2, 0.25) is 0 Å². The smallest absolute Gasteiger partial charge is 0.492 e. The highest BCUT2D eigenvalue weighted by molar-refractivity contribution is 5.93. The van der Waals surface area contributed by atoms with Crippen molar-refractivity contribution in [3.63, 3.8) is 0 Å². The number of aromatic carboxylic acids is 1. The molecule has 0 aliphatic heterocycles. The lowest BCUT2D eigenvalue weighted by Crippen LogP contribution is -2.19. The average molecular weight is 251 g/mol. The summed E-state index contributed by atoms with van der Waals surface area (Å²) < 4.78 is 44.4. The number of methoxy groups -OCH3 is 1. The van der Waals surface area contributed by atoms with Crippen molar-refractivity contribution in [1.29, 1.82) is 0 Å². The van der Waals surface area contributed by atoms with Gasteiger partial charge in [0.05, 0.1) is 19.0 Å². The Balaban J connectivity index is 3.33. The molecule has 0 spiro atoms. The highest BCUT2D eigenvalue weighted by atomic mass is 19.4. The van der Waals surface area contributed by atoms with Crippen LogP contribution < -0.4 is 9.47 Å². The van der Waals surface area contributed by atoms with Gasteiger partial charge < -0.3 is 14.6 Å². The van der Waals surface area contributed by atoms with Gasteiger partial charge in [0.1, 0.15) is 5.56 Å². The molecule has 94 valence electrons. The fraction of sp³-hybridized carbons (Fsp3) is 0.333. The number of hydrogen-bond acceptors (Lipinski definition) is 4. The van der Waals surface area contributed by atoms with Crippen molar-refractivity contribution in [1.82, 2.24) is 4.98 Å². The van der Waals surface area contributed by atoms with Crippen LogP contribution in [0.3, 0.4) is 0 Å². The van der Waals surface area contributed by atoms with Gasteiger partial charge in [0.25, 0.3) is 0 Å². The van der Waals surface area contributed by atoms with Gasteiger partial charge in [-0.25, -0.2) is 4.79 Å². The van der Waals surface area contributed by atoms with Gasteiger partial charge >= 0.3 is 12.3 Å². The number of ether oxygens (including phenoxy) is 2. The van der Waals surface area contributed by atoms with E-state index in [2.05, 4.69) is 14.5 Å². The zero-order valence-corrected chi connectivity index (χ0v) is 8.83. The van der Waals surface area contributed by atoms with E-state index in [1.165, 1.54) is 6.92 Å². The van der Waals surface area contributed by atoms with E-state index in [-0.39, 0.29) is 5.69 Å². The Hall–Kier alpha value is -1.99. The van der Waals surface area contributed by atoms with Gasteiger partial charge in [0.2, 0.25) is 0 Å². The number of halogens is 3. The summed E-state index contributed by atoms with van der Waals surface area (Å²) in [5.41, 5.74) is -0.432. The molecule has 0 saturated carbocycles. The molecule has 0 aliphatic rings. The van der Waals surface area contributed by atoms with E-state index in [1.807, 2.05) is 0 Å². The molecule has 1 rings (SSSR count). The van der Waals surface area contributed by atoms with Crippen LogP contribution in [0.5, 0.6) is 11.5 Å². The first-order chi connectivity index (χ1) is 7.76. The molecule has 0 saturated heterocycles. The van der Waals surface area contributed by atoms with Crippen LogP contribution in [0.4, 0.5) is 13.2 Å². The topological polar surface area (TPSA) is 68.7 Å². The first kappa shape index (κ1) is 13.1. The maximum absolute atomic E-state index is 12.0. The molecule has 1 aromatic heterocycles. The number of aromatic nitrogens is 1. The number of alkyl halides is 3. The lowest BCUT2D eigenvalue weighted by molar-refractivity contribution is -0.275. The molecule has 17 heavy (non-hydrogen) atoms. The maximum Gasteiger partial charge on any atom is 0.573 e. The molecule has 0 bridgehead atoms. The third-order valence-corrected chi connectivity index (χ3v) is 1.83. The highest BCUT2D eigenvalue weighted by Gasteiger charge is 2.34. The number of aryl methyl sites for hydroxylation is 1. The third kappa shape index (κ3) is 2.99. The summed E-state index contributed by atoms with van der Waals surface area (Å²) >= 11 is 0. The minimum atomic E-state index is -4.94. The van der Waals surface area contributed by atoms with Gasteiger partial charge in [-0.05, 0) is 6.92 Å². The summed E-state index contributed by atoms with van der Waals surface area (Å²) in [5, 5.41) is 8.84. The number of hydrogen-bond donors (Lipinski definition) is 1. The molecule has 0 unspecified atom stereocenters. The highest BCUT2D eigenvalue weighted by Crippen LogP contribution is 2.35. The van der Waals surface area contributed by atoms with Crippen LogP contribution in [0.1, 0.15) is 16.1 Å². The second kappa shape index (κ2) is 4.48. The lowest BCUT2D eigenvalue weighted by Gasteiger charge is -2.14. The Morgan fingerprint density at radius 2 is 2.06 bits per heavy atom. The van der Waals surface area contributed by atoms with Gasteiger partial charge in [0, 0.05) is 0 Å². The largest absolute Gasteiger partial charge is 0.573 e. The van der Waals surface area contributed by atoms with Crippen molar-refractivity contribution in [3.05, 3.63) is 17.5 Å². The summed E-state index contributed by atoms with van der Waals surface area (Å²) in [6.07, 6.45) is -4.19. The number of carbonyl (C=O) groups is 1. The monoisotopic (exact) mass is 251 g/mol. The predicted octanol–water partition coefficient (Wildman–Crippen LogP) is 2.00. The van der Waals surface area contributed by atoms with Crippen molar-refractivity contribution in [2.75, 3.05) is 7.11 Å². The molecule has 1 heterocycles. The Morgan fingerprint density at radius 1 is 1.47 bits per heavy atom. The second-order valence-electron chi connectivity index (χ2n) is 2.97. The molecule has 5 nitrogen and oxygen atoms in total. The van der Waals surface area contributed by atoms with E-state index in [0.717, 1.165) is 13.3 Å². The second-order valence-corrected chi connectivity index (χ2v) is 2.97.